The molecule has 1 heterocycles. The standard InChI is InChI=1S/C19H20ClFN4O2/c1-12(6-7-23-18-10-22-9-17(25-18)13-2-3-13)24-19(26)11-27-14-4-5-15(20)16(21)8-14/h4-5,8-10,13H,1-3,6-7,11H2,(H,23,25)(H,24,26). The number of halogens is 2. The van der Waals surface area contributed by atoms with Crippen LogP contribution in [0.2, 0.25) is 5.02 Å². The molecule has 0 bridgehead atoms. The number of ether oxygens (including phenoxy) is 1. The Morgan fingerprint density at radius 2 is 2.19 bits per heavy atom. The summed E-state index contributed by atoms with van der Waals surface area (Å²) in [5.74, 6) is 0.521. The molecule has 1 amide bonds. The molecule has 0 radical (unpaired) electrons. The summed E-state index contributed by atoms with van der Waals surface area (Å²) in [6.07, 6.45) is 6.34. The minimum Gasteiger partial charge on any atom is -0.484 e. The first-order chi connectivity index (χ1) is 13.0. The lowest BCUT2D eigenvalue weighted by atomic mass is 10.3. The fourth-order valence-electron chi connectivity index (χ4n) is 2.39. The molecule has 6 nitrogen and oxygen atoms in total. The average Bonchev–Trinajstić information content (AvgIpc) is 3.48. The summed E-state index contributed by atoms with van der Waals surface area (Å²) in [7, 11) is 0. The first kappa shape index (κ1) is 19.1. The van der Waals surface area contributed by atoms with Crippen LogP contribution in [0.4, 0.5) is 10.2 Å². The first-order valence-corrected chi connectivity index (χ1v) is 9.00. The van der Waals surface area contributed by atoms with E-state index in [2.05, 4.69) is 27.2 Å². The van der Waals surface area contributed by atoms with Crippen LogP contribution in [0.3, 0.4) is 0 Å². The summed E-state index contributed by atoms with van der Waals surface area (Å²) in [6.45, 7) is 4.13. The van der Waals surface area contributed by atoms with E-state index in [1.807, 2.05) is 0 Å². The molecular formula is C19H20ClFN4O2. The Hall–Kier alpha value is -2.67. The molecule has 3 rings (SSSR count). The smallest absolute Gasteiger partial charge is 0.262 e. The normalized spacial score (nSPS) is 13.1. The lowest BCUT2D eigenvalue weighted by Crippen LogP contribution is -2.28. The van der Waals surface area contributed by atoms with E-state index >= 15 is 0 Å². The summed E-state index contributed by atoms with van der Waals surface area (Å²) >= 11 is 5.60. The van der Waals surface area contributed by atoms with Crippen LogP contribution in [0.5, 0.6) is 5.75 Å². The van der Waals surface area contributed by atoms with Crippen molar-refractivity contribution in [3.63, 3.8) is 0 Å². The van der Waals surface area contributed by atoms with Gasteiger partial charge in [-0.1, -0.05) is 18.2 Å². The maximum absolute atomic E-state index is 13.3. The van der Waals surface area contributed by atoms with Crippen molar-refractivity contribution in [3.8, 4) is 5.75 Å². The van der Waals surface area contributed by atoms with Crippen LogP contribution < -0.4 is 15.4 Å². The van der Waals surface area contributed by atoms with E-state index in [-0.39, 0.29) is 23.3 Å². The summed E-state index contributed by atoms with van der Waals surface area (Å²) in [6, 6.07) is 4.00. The third-order valence-corrected chi connectivity index (χ3v) is 4.27. The van der Waals surface area contributed by atoms with Crippen molar-refractivity contribution in [2.75, 3.05) is 18.5 Å². The molecule has 8 heteroatoms. The van der Waals surface area contributed by atoms with Crippen LogP contribution in [-0.4, -0.2) is 29.0 Å². The summed E-state index contributed by atoms with van der Waals surface area (Å²) in [5, 5.41) is 5.82. The molecule has 1 aromatic heterocycles. The number of aromatic nitrogens is 2. The quantitative estimate of drug-likeness (QED) is 0.683. The fourth-order valence-corrected chi connectivity index (χ4v) is 2.51. The third-order valence-electron chi connectivity index (χ3n) is 3.96. The lowest BCUT2D eigenvalue weighted by Gasteiger charge is -2.11. The van der Waals surface area contributed by atoms with E-state index in [1.54, 1.807) is 12.4 Å². The van der Waals surface area contributed by atoms with Crippen molar-refractivity contribution < 1.29 is 13.9 Å². The predicted octanol–water partition coefficient (Wildman–Crippen LogP) is 3.66. The van der Waals surface area contributed by atoms with E-state index in [0.29, 0.717) is 30.4 Å². The fraction of sp³-hybridized carbons (Fsp3) is 0.316. The zero-order valence-electron chi connectivity index (χ0n) is 14.7. The molecule has 2 N–H and O–H groups in total. The highest BCUT2D eigenvalue weighted by atomic mass is 35.5. The second-order valence-corrected chi connectivity index (χ2v) is 6.70. The SMILES string of the molecule is C=C(CCNc1cncc(C2CC2)n1)NC(=O)COc1ccc(Cl)c(F)c1. The Kier molecular flexibility index (Phi) is 6.24. The molecule has 0 saturated heterocycles. The average molecular weight is 391 g/mol. The van der Waals surface area contributed by atoms with Gasteiger partial charge >= 0.3 is 0 Å². The van der Waals surface area contributed by atoms with Crippen LogP contribution in [0, 0.1) is 5.82 Å². The van der Waals surface area contributed by atoms with Gasteiger partial charge in [-0.3, -0.25) is 9.78 Å². The molecule has 1 fully saturated rings. The van der Waals surface area contributed by atoms with E-state index in [4.69, 9.17) is 16.3 Å². The molecule has 1 aliphatic carbocycles. The first-order valence-electron chi connectivity index (χ1n) is 8.62. The Balaban J connectivity index is 1.36. The van der Waals surface area contributed by atoms with E-state index in [1.165, 1.54) is 25.0 Å². The predicted molar refractivity (Wildman–Crippen MR) is 101 cm³/mol. The van der Waals surface area contributed by atoms with Crippen molar-refractivity contribution >= 4 is 23.3 Å². The maximum atomic E-state index is 13.3. The van der Waals surface area contributed by atoms with Crippen molar-refractivity contribution in [2.24, 2.45) is 0 Å². The van der Waals surface area contributed by atoms with Gasteiger partial charge in [-0.05, 0) is 25.0 Å². The zero-order valence-corrected chi connectivity index (χ0v) is 15.4. The molecule has 1 aliphatic rings. The number of carbonyl (C=O) groups excluding carboxylic acids is 1. The summed E-state index contributed by atoms with van der Waals surface area (Å²) in [4.78, 5) is 20.6. The van der Waals surface area contributed by atoms with Crippen LogP contribution >= 0.6 is 11.6 Å². The molecule has 0 atom stereocenters. The molecule has 142 valence electrons. The van der Waals surface area contributed by atoms with E-state index in [0.717, 1.165) is 11.8 Å². The number of hydrogen-bond acceptors (Lipinski definition) is 5. The Labute approximate surface area is 161 Å². The number of carbonyl (C=O) groups is 1. The van der Waals surface area contributed by atoms with Crippen molar-refractivity contribution in [1.29, 1.82) is 0 Å². The van der Waals surface area contributed by atoms with Gasteiger partial charge in [-0.25, -0.2) is 9.37 Å². The Morgan fingerprint density at radius 3 is 2.93 bits per heavy atom. The monoisotopic (exact) mass is 390 g/mol. The molecule has 0 unspecified atom stereocenters. The molecule has 1 saturated carbocycles. The highest BCUT2D eigenvalue weighted by molar-refractivity contribution is 6.30. The molecule has 2 aromatic rings. The number of rotatable bonds is 9. The van der Waals surface area contributed by atoms with Gasteiger partial charge < -0.3 is 15.4 Å². The number of benzene rings is 1. The molecule has 27 heavy (non-hydrogen) atoms. The lowest BCUT2D eigenvalue weighted by molar-refractivity contribution is -0.122. The van der Waals surface area contributed by atoms with Crippen LogP contribution in [0.15, 0.2) is 42.9 Å². The number of nitrogens with one attached hydrogen (secondary N) is 2. The van der Waals surface area contributed by atoms with Gasteiger partial charge in [0.25, 0.3) is 5.91 Å². The maximum Gasteiger partial charge on any atom is 0.262 e. The van der Waals surface area contributed by atoms with Gasteiger partial charge in [0.15, 0.2) is 6.61 Å². The van der Waals surface area contributed by atoms with Crippen molar-refractivity contribution in [3.05, 3.63) is 59.4 Å². The van der Waals surface area contributed by atoms with E-state index in [9.17, 15) is 9.18 Å². The van der Waals surface area contributed by atoms with Gasteiger partial charge in [0.2, 0.25) is 0 Å². The highest BCUT2D eigenvalue weighted by Crippen LogP contribution is 2.38. The zero-order chi connectivity index (χ0) is 19.2. The third kappa shape index (κ3) is 5.92. The van der Waals surface area contributed by atoms with Gasteiger partial charge in [0.1, 0.15) is 17.4 Å². The second kappa shape index (κ2) is 8.81. The molecule has 0 spiro atoms. The number of hydrogen-bond donors (Lipinski definition) is 2. The Bertz CT molecular complexity index is 842. The van der Waals surface area contributed by atoms with Crippen LogP contribution in [0.25, 0.3) is 0 Å². The van der Waals surface area contributed by atoms with Crippen LogP contribution in [-0.2, 0) is 4.79 Å². The van der Waals surface area contributed by atoms with Gasteiger partial charge in [0, 0.05) is 36.8 Å². The largest absolute Gasteiger partial charge is 0.484 e. The molecule has 0 aliphatic heterocycles. The van der Waals surface area contributed by atoms with E-state index < -0.39 is 5.82 Å². The minimum atomic E-state index is -0.598. The van der Waals surface area contributed by atoms with Crippen molar-refractivity contribution in [1.82, 2.24) is 15.3 Å². The summed E-state index contributed by atoms with van der Waals surface area (Å²) in [5.41, 5.74) is 1.56. The minimum absolute atomic E-state index is 0.0000344. The number of nitrogens with zero attached hydrogens (tertiary/aromatic N) is 2. The van der Waals surface area contributed by atoms with Crippen molar-refractivity contribution in [2.45, 2.75) is 25.2 Å². The van der Waals surface area contributed by atoms with Gasteiger partial charge in [-0.2, -0.15) is 0 Å². The number of amides is 1. The number of anilines is 1. The van der Waals surface area contributed by atoms with Gasteiger partial charge in [0.05, 0.1) is 16.9 Å². The van der Waals surface area contributed by atoms with Crippen LogP contribution in [0.1, 0.15) is 30.9 Å². The summed E-state index contributed by atoms with van der Waals surface area (Å²) < 4.78 is 18.6. The topological polar surface area (TPSA) is 76.1 Å². The Morgan fingerprint density at radius 1 is 1.37 bits per heavy atom. The molecule has 1 aromatic carbocycles. The highest BCUT2D eigenvalue weighted by Gasteiger charge is 2.25. The molecular weight excluding hydrogens is 371 g/mol. The second-order valence-electron chi connectivity index (χ2n) is 6.30. The van der Waals surface area contributed by atoms with Gasteiger partial charge in [-0.15, -0.1) is 0 Å².